The average Bonchev–Trinajstić information content (AvgIpc) is 3.49. The van der Waals surface area contributed by atoms with Crippen molar-refractivity contribution in [3.05, 3.63) is 57.8 Å². The van der Waals surface area contributed by atoms with Crippen molar-refractivity contribution in [2.75, 3.05) is 13.2 Å². The Balaban J connectivity index is 1.62. The fraction of sp³-hybridized carbons (Fsp3) is 0.538. The zero-order valence-electron chi connectivity index (χ0n) is 18.9. The largest absolute Gasteiger partial charge is 0.376 e. The first kappa shape index (κ1) is 23.0. The van der Waals surface area contributed by atoms with Gasteiger partial charge in [0.2, 0.25) is 11.8 Å². The van der Waals surface area contributed by atoms with Gasteiger partial charge in [-0.2, -0.15) is 0 Å². The van der Waals surface area contributed by atoms with E-state index in [4.69, 9.17) is 4.74 Å². The molecule has 172 valence electrons. The van der Waals surface area contributed by atoms with E-state index in [0.717, 1.165) is 61.1 Å². The third kappa shape index (κ3) is 5.99. The van der Waals surface area contributed by atoms with E-state index in [9.17, 15) is 9.59 Å². The highest BCUT2D eigenvalue weighted by molar-refractivity contribution is 7.10. The standard InChI is InChI=1S/C26H34N2O3S/c1-19-11-13-20(14-12-19)25(26(30)27-21-7-3-2-4-8-21)28(18-22-9-5-15-31-22)24(29)17-23-10-6-16-32-23/h6,10-14,16,21-22,25H,2-5,7-9,15,17-18H2,1H3,(H,27,30). The molecule has 5 nitrogen and oxygen atoms in total. The Morgan fingerprint density at radius 3 is 2.53 bits per heavy atom. The van der Waals surface area contributed by atoms with Crippen LogP contribution in [-0.4, -0.2) is 42.0 Å². The number of rotatable bonds is 8. The lowest BCUT2D eigenvalue weighted by atomic mass is 9.94. The summed E-state index contributed by atoms with van der Waals surface area (Å²) in [6.07, 6.45) is 7.78. The fourth-order valence-electron chi connectivity index (χ4n) is 4.77. The molecule has 32 heavy (non-hydrogen) atoms. The minimum Gasteiger partial charge on any atom is -0.376 e. The van der Waals surface area contributed by atoms with Gasteiger partial charge >= 0.3 is 0 Å². The number of amides is 2. The van der Waals surface area contributed by atoms with Crippen LogP contribution in [0.3, 0.4) is 0 Å². The minimum atomic E-state index is -0.644. The number of nitrogens with one attached hydrogen (secondary N) is 1. The zero-order valence-corrected chi connectivity index (χ0v) is 19.7. The summed E-state index contributed by atoms with van der Waals surface area (Å²) in [7, 11) is 0. The van der Waals surface area contributed by atoms with Crippen LogP contribution in [0.15, 0.2) is 41.8 Å². The predicted octanol–water partition coefficient (Wildman–Crippen LogP) is 4.80. The molecular formula is C26H34N2O3S. The Kier molecular flexibility index (Phi) is 7.98. The molecule has 1 saturated carbocycles. The van der Waals surface area contributed by atoms with Crippen LogP contribution in [0.5, 0.6) is 0 Å². The van der Waals surface area contributed by atoms with Gasteiger partial charge in [-0.15, -0.1) is 11.3 Å². The molecule has 6 heteroatoms. The van der Waals surface area contributed by atoms with E-state index in [-0.39, 0.29) is 24.0 Å². The number of thiophene rings is 1. The van der Waals surface area contributed by atoms with Gasteiger partial charge in [-0.3, -0.25) is 9.59 Å². The second-order valence-corrected chi connectivity index (χ2v) is 10.1. The van der Waals surface area contributed by atoms with Gasteiger partial charge in [-0.05, 0) is 49.6 Å². The summed E-state index contributed by atoms with van der Waals surface area (Å²) in [4.78, 5) is 30.0. The molecule has 1 aliphatic heterocycles. The monoisotopic (exact) mass is 454 g/mol. The third-order valence-electron chi connectivity index (χ3n) is 6.55. The van der Waals surface area contributed by atoms with E-state index in [0.29, 0.717) is 13.0 Å². The van der Waals surface area contributed by atoms with Crippen molar-refractivity contribution in [3.63, 3.8) is 0 Å². The van der Waals surface area contributed by atoms with Gasteiger partial charge in [0.25, 0.3) is 0 Å². The molecule has 0 bridgehead atoms. The van der Waals surface area contributed by atoms with Gasteiger partial charge in [0, 0.05) is 24.1 Å². The molecule has 1 N–H and O–H groups in total. The van der Waals surface area contributed by atoms with Gasteiger partial charge in [0.1, 0.15) is 6.04 Å². The quantitative estimate of drug-likeness (QED) is 0.623. The van der Waals surface area contributed by atoms with Crippen LogP contribution < -0.4 is 5.32 Å². The number of ether oxygens (including phenoxy) is 1. The highest BCUT2D eigenvalue weighted by Crippen LogP contribution is 2.27. The van der Waals surface area contributed by atoms with Crippen molar-refractivity contribution in [1.29, 1.82) is 0 Å². The van der Waals surface area contributed by atoms with E-state index < -0.39 is 6.04 Å². The molecule has 2 heterocycles. The van der Waals surface area contributed by atoms with Crippen molar-refractivity contribution in [2.24, 2.45) is 0 Å². The number of carbonyl (C=O) groups excluding carboxylic acids is 2. The Morgan fingerprint density at radius 2 is 1.88 bits per heavy atom. The maximum absolute atomic E-state index is 13.7. The molecule has 4 rings (SSSR count). The van der Waals surface area contributed by atoms with Crippen molar-refractivity contribution in [3.8, 4) is 0 Å². The molecule has 2 fully saturated rings. The third-order valence-corrected chi connectivity index (χ3v) is 7.43. The smallest absolute Gasteiger partial charge is 0.247 e. The second-order valence-electron chi connectivity index (χ2n) is 9.09. The molecule has 2 unspecified atom stereocenters. The fourth-order valence-corrected chi connectivity index (χ4v) is 5.47. The molecule has 0 spiro atoms. The number of hydrogen-bond donors (Lipinski definition) is 1. The van der Waals surface area contributed by atoms with Gasteiger partial charge < -0.3 is 15.0 Å². The molecule has 2 amide bonds. The van der Waals surface area contributed by atoms with Crippen LogP contribution >= 0.6 is 11.3 Å². The van der Waals surface area contributed by atoms with Gasteiger partial charge in [0.15, 0.2) is 0 Å². The van der Waals surface area contributed by atoms with E-state index >= 15 is 0 Å². The summed E-state index contributed by atoms with van der Waals surface area (Å²) in [6.45, 7) is 3.20. The van der Waals surface area contributed by atoms with Crippen LogP contribution in [0, 0.1) is 6.92 Å². The van der Waals surface area contributed by atoms with Gasteiger partial charge in [-0.25, -0.2) is 0 Å². The van der Waals surface area contributed by atoms with E-state index in [1.54, 1.807) is 16.2 Å². The normalized spacial score (nSPS) is 20.1. The molecule has 2 aromatic rings. The van der Waals surface area contributed by atoms with Crippen molar-refractivity contribution >= 4 is 23.2 Å². The first-order chi connectivity index (χ1) is 15.6. The molecule has 1 aromatic carbocycles. The van der Waals surface area contributed by atoms with Crippen LogP contribution in [0.4, 0.5) is 0 Å². The number of carbonyl (C=O) groups is 2. The Morgan fingerprint density at radius 1 is 1.09 bits per heavy atom. The highest BCUT2D eigenvalue weighted by Gasteiger charge is 2.35. The summed E-state index contributed by atoms with van der Waals surface area (Å²) >= 11 is 1.58. The number of hydrogen-bond acceptors (Lipinski definition) is 4. The Hall–Kier alpha value is -2.18. The molecule has 0 radical (unpaired) electrons. The molecular weight excluding hydrogens is 420 g/mol. The molecule has 1 aliphatic carbocycles. The van der Waals surface area contributed by atoms with Crippen molar-refractivity contribution < 1.29 is 14.3 Å². The number of aryl methyl sites for hydroxylation is 1. The first-order valence-corrected chi connectivity index (χ1v) is 12.8. The van der Waals surface area contributed by atoms with E-state index in [1.165, 1.54) is 6.42 Å². The lowest BCUT2D eigenvalue weighted by molar-refractivity contribution is -0.142. The van der Waals surface area contributed by atoms with Crippen LogP contribution in [0.25, 0.3) is 0 Å². The molecule has 2 atom stereocenters. The summed E-state index contributed by atoms with van der Waals surface area (Å²) in [5.74, 6) is -0.0920. The lowest BCUT2D eigenvalue weighted by Crippen LogP contribution is -2.49. The number of benzene rings is 1. The Bertz CT molecular complexity index is 869. The van der Waals surface area contributed by atoms with Crippen molar-refractivity contribution in [1.82, 2.24) is 10.2 Å². The average molecular weight is 455 g/mol. The SMILES string of the molecule is Cc1ccc(C(C(=O)NC2CCCCC2)N(CC2CCCO2)C(=O)Cc2cccs2)cc1. The zero-order chi connectivity index (χ0) is 22.3. The summed E-state index contributed by atoms with van der Waals surface area (Å²) in [6, 6.07) is 11.5. The summed E-state index contributed by atoms with van der Waals surface area (Å²) < 4.78 is 5.88. The van der Waals surface area contributed by atoms with E-state index in [1.807, 2.05) is 48.7 Å². The van der Waals surface area contributed by atoms with E-state index in [2.05, 4.69) is 5.32 Å². The van der Waals surface area contributed by atoms with Gasteiger partial charge in [0.05, 0.1) is 12.5 Å². The number of nitrogens with zero attached hydrogens (tertiary/aromatic N) is 1. The summed E-state index contributed by atoms with van der Waals surface area (Å²) in [5.41, 5.74) is 2.00. The topological polar surface area (TPSA) is 58.6 Å². The molecule has 1 aromatic heterocycles. The van der Waals surface area contributed by atoms with Crippen LogP contribution in [-0.2, 0) is 20.7 Å². The summed E-state index contributed by atoms with van der Waals surface area (Å²) in [5, 5.41) is 5.27. The highest BCUT2D eigenvalue weighted by atomic mass is 32.1. The second kappa shape index (κ2) is 11.1. The van der Waals surface area contributed by atoms with Crippen LogP contribution in [0.2, 0.25) is 0 Å². The van der Waals surface area contributed by atoms with Crippen molar-refractivity contribution in [2.45, 2.75) is 76.5 Å². The molecule has 2 aliphatic rings. The minimum absolute atomic E-state index is 0.0160. The molecule has 1 saturated heterocycles. The maximum atomic E-state index is 13.7. The predicted molar refractivity (Wildman–Crippen MR) is 128 cm³/mol. The first-order valence-electron chi connectivity index (χ1n) is 11.9. The van der Waals surface area contributed by atoms with Gasteiger partial charge in [-0.1, -0.05) is 55.2 Å². The Labute approximate surface area is 195 Å². The lowest BCUT2D eigenvalue weighted by Gasteiger charge is -2.34. The van der Waals surface area contributed by atoms with Crippen LogP contribution in [0.1, 0.15) is 67.0 Å². The maximum Gasteiger partial charge on any atom is 0.247 e.